The lowest BCUT2D eigenvalue weighted by Crippen LogP contribution is -2.47. The Balaban J connectivity index is 1.93. The largest absolute Gasteiger partial charge is 0.632 e. The number of hydrogen-bond donors (Lipinski definition) is 1. The molecule has 1 aliphatic rings. The van der Waals surface area contributed by atoms with E-state index in [1.165, 1.54) is 0 Å². The van der Waals surface area contributed by atoms with E-state index < -0.39 is 0 Å². The number of amides is 1. The highest BCUT2D eigenvalue weighted by atomic mass is 16.6. The van der Waals surface area contributed by atoms with E-state index in [1.54, 1.807) is 0 Å². The number of hydrogen-bond acceptors (Lipinski definition) is 2. The zero-order valence-electron chi connectivity index (χ0n) is 13.1. The fourth-order valence-electron chi connectivity index (χ4n) is 3.77. The number of carbonyl (C=O) groups excluding carboxylic acids is 1. The van der Waals surface area contributed by atoms with Gasteiger partial charge in [0.05, 0.1) is 13.1 Å². The first-order valence-corrected chi connectivity index (χ1v) is 8.11. The van der Waals surface area contributed by atoms with Crippen molar-refractivity contribution in [2.75, 3.05) is 13.1 Å². The van der Waals surface area contributed by atoms with Crippen LogP contribution >= 0.6 is 0 Å². The van der Waals surface area contributed by atoms with Gasteiger partial charge in [0.25, 0.3) is 0 Å². The van der Waals surface area contributed by atoms with Crippen LogP contribution in [0.15, 0.2) is 60.7 Å². The molecule has 23 heavy (non-hydrogen) atoms. The van der Waals surface area contributed by atoms with E-state index in [2.05, 4.69) is 5.32 Å². The predicted octanol–water partition coefficient (Wildman–Crippen LogP) is 3.32. The van der Waals surface area contributed by atoms with Crippen molar-refractivity contribution >= 4 is 6.41 Å². The van der Waals surface area contributed by atoms with E-state index >= 15 is 0 Å². The van der Waals surface area contributed by atoms with Crippen molar-refractivity contribution in [2.45, 2.75) is 24.9 Å². The molecule has 1 aliphatic heterocycles. The minimum atomic E-state index is -0.297. The molecule has 2 atom stereocenters. The summed E-state index contributed by atoms with van der Waals surface area (Å²) in [6.07, 6.45) is 2.40. The van der Waals surface area contributed by atoms with Crippen LogP contribution in [0.4, 0.5) is 0 Å². The van der Waals surface area contributed by atoms with Crippen LogP contribution in [0.5, 0.6) is 0 Å². The van der Waals surface area contributed by atoms with E-state index in [0.29, 0.717) is 19.5 Å². The zero-order valence-corrected chi connectivity index (χ0v) is 13.1. The van der Waals surface area contributed by atoms with E-state index in [4.69, 9.17) is 0 Å². The number of hydroxylamine groups is 3. The first-order chi connectivity index (χ1) is 11.3. The van der Waals surface area contributed by atoms with Gasteiger partial charge in [-0.25, -0.2) is 0 Å². The van der Waals surface area contributed by atoms with Crippen molar-refractivity contribution in [3.63, 3.8) is 0 Å². The summed E-state index contributed by atoms with van der Waals surface area (Å²) in [6, 6.07) is 19.9. The van der Waals surface area contributed by atoms with Crippen LogP contribution in [0.1, 0.15) is 36.1 Å². The maximum atomic E-state index is 13.8. The second kappa shape index (κ2) is 6.94. The van der Waals surface area contributed by atoms with Crippen molar-refractivity contribution in [2.24, 2.45) is 0 Å². The van der Waals surface area contributed by atoms with Crippen LogP contribution in [0.2, 0.25) is 0 Å². The SMILES string of the molecule is O=CNCC[N+]1([O-])[C@@H](c2ccccc2)CC[C@@H]1c1ccccc1. The summed E-state index contributed by atoms with van der Waals surface area (Å²) in [6.45, 7) is 0.789. The second-order valence-corrected chi connectivity index (χ2v) is 6.08. The van der Waals surface area contributed by atoms with Gasteiger partial charge in [-0.1, -0.05) is 60.7 Å². The van der Waals surface area contributed by atoms with Gasteiger partial charge in [0.2, 0.25) is 6.41 Å². The Hall–Kier alpha value is -2.17. The summed E-state index contributed by atoms with van der Waals surface area (Å²) in [7, 11) is 0. The molecule has 0 saturated carbocycles. The first-order valence-electron chi connectivity index (χ1n) is 8.11. The number of benzene rings is 2. The maximum absolute atomic E-state index is 13.8. The average molecular weight is 310 g/mol. The van der Waals surface area contributed by atoms with E-state index in [1.807, 2.05) is 60.7 Å². The highest BCUT2D eigenvalue weighted by Crippen LogP contribution is 2.49. The third-order valence-electron chi connectivity index (χ3n) is 4.83. The van der Waals surface area contributed by atoms with Crippen molar-refractivity contribution in [3.05, 3.63) is 77.0 Å². The summed E-state index contributed by atoms with van der Waals surface area (Å²) in [5.41, 5.74) is 2.18. The van der Waals surface area contributed by atoms with Crippen LogP contribution in [0, 0.1) is 5.21 Å². The molecular formula is C19H22N2O2. The quantitative estimate of drug-likeness (QED) is 0.385. The third kappa shape index (κ3) is 3.14. The Bertz CT molecular complexity index is 583. The summed E-state index contributed by atoms with van der Waals surface area (Å²) in [5.74, 6) is 0. The normalized spacial score (nSPS) is 22.7. The molecule has 1 amide bonds. The van der Waals surface area contributed by atoms with Gasteiger partial charge in [-0.3, -0.25) is 4.79 Å². The molecule has 0 spiro atoms. The number of nitrogens with zero attached hydrogens (tertiary/aromatic N) is 1. The van der Waals surface area contributed by atoms with E-state index in [-0.39, 0.29) is 16.7 Å². The van der Waals surface area contributed by atoms with Gasteiger partial charge in [-0.15, -0.1) is 0 Å². The summed E-state index contributed by atoms with van der Waals surface area (Å²) >= 11 is 0. The van der Waals surface area contributed by atoms with Gasteiger partial charge in [0.1, 0.15) is 12.1 Å². The van der Waals surface area contributed by atoms with Crippen LogP contribution in [-0.4, -0.2) is 24.1 Å². The zero-order chi connectivity index (χ0) is 16.1. The Morgan fingerprint density at radius 1 is 0.957 bits per heavy atom. The lowest BCUT2D eigenvalue weighted by molar-refractivity contribution is -0.926. The maximum Gasteiger partial charge on any atom is 0.207 e. The molecular weight excluding hydrogens is 288 g/mol. The van der Waals surface area contributed by atoms with Gasteiger partial charge >= 0.3 is 0 Å². The van der Waals surface area contributed by atoms with Crippen molar-refractivity contribution in [3.8, 4) is 0 Å². The average Bonchev–Trinajstić information content (AvgIpc) is 2.94. The van der Waals surface area contributed by atoms with E-state index in [9.17, 15) is 10.0 Å². The van der Waals surface area contributed by atoms with Gasteiger partial charge in [-0.2, -0.15) is 0 Å². The lowest BCUT2D eigenvalue weighted by Gasteiger charge is -2.49. The van der Waals surface area contributed by atoms with E-state index in [0.717, 1.165) is 24.0 Å². The highest BCUT2D eigenvalue weighted by molar-refractivity contribution is 5.45. The Morgan fingerprint density at radius 2 is 1.43 bits per heavy atom. The number of rotatable bonds is 6. The molecule has 3 rings (SSSR count). The molecule has 0 aromatic heterocycles. The summed E-state index contributed by atoms with van der Waals surface area (Å²) < 4.78 is -0.297. The smallest absolute Gasteiger partial charge is 0.207 e. The number of quaternary nitrogens is 1. The molecule has 120 valence electrons. The first kappa shape index (κ1) is 15.7. The van der Waals surface area contributed by atoms with Crippen LogP contribution in [-0.2, 0) is 4.79 Å². The molecule has 4 heteroatoms. The second-order valence-electron chi connectivity index (χ2n) is 6.08. The molecule has 1 saturated heterocycles. The highest BCUT2D eigenvalue weighted by Gasteiger charge is 2.44. The Morgan fingerprint density at radius 3 is 1.87 bits per heavy atom. The lowest BCUT2D eigenvalue weighted by atomic mass is 10.0. The van der Waals surface area contributed by atoms with Crippen LogP contribution < -0.4 is 5.32 Å². The summed E-state index contributed by atoms with van der Waals surface area (Å²) in [5, 5.41) is 16.5. The summed E-state index contributed by atoms with van der Waals surface area (Å²) in [4.78, 5) is 10.6. The Labute approximate surface area is 136 Å². The molecule has 1 heterocycles. The number of carbonyl (C=O) groups is 1. The van der Waals surface area contributed by atoms with Crippen molar-refractivity contribution in [1.29, 1.82) is 0 Å². The minimum absolute atomic E-state index is 0.0742. The van der Waals surface area contributed by atoms with Crippen LogP contribution in [0.25, 0.3) is 0 Å². The Kier molecular flexibility index (Phi) is 4.74. The fraction of sp³-hybridized carbons (Fsp3) is 0.316. The van der Waals surface area contributed by atoms with Crippen LogP contribution in [0.3, 0.4) is 0 Å². The monoisotopic (exact) mass is 310 g/mol. The predicted molar refractivity (Wildman–Crippen MR) is 90.2 cm³/mol. The molecule has 2 aromatic rings. The van der Waals surface area contributed by atoms with Gasteiger partial charge in [-0.05, 0) is 0 Å². The van der Waals surface area contributed by atoms with Gasteiger partial charge in [0.15, 0.2) is 0 Å². The molecule has 4 nitrogen and oxygen atoms in total. The molecule has 2 aromatic carbocycles. The molecule has 0 radical (unpaired) electrons. The van der Waals surface area contributed by atoms with Gasteiger partial charge < -0.3 is 15.2 Å². The fourth-order valence-corrected chi connectivity index (χ4v) is 3.77. The molecule has 0 unspecified atom stereocenters. The molecule has 1 fully saturated rings. The standard InChI is InChI=1S/C19H22N2O2/c22-15-20-13-14-21(23)18(16-7-3-1-4-8-16)11-12-19(21)17-9-5-2-6-10-17/h1-10,15,18-19H,11-14H2,(H,20,22)/t18-,19-/m1/s1. The number of likely N-dealkylation sites (tertiary alicyclic amines) is 1. The van der Waals surface area contributed by atoms with Crippen molar-refractivity contribution in [1.82, 2.24) is 5.32 Å². The van der Waals surface area contributed by atoms with Crippen molar-refractivity contribution < 1.29 is 9.44 Å². The third-order valence-corrected chi connectivity index (χ3v) is 4.83. The topological polar surface area (TPSA) is 52.2 Å². The molecule has 1 N–H and O–H groups in total. The minimum Gasteiger partial charge on any atom is -0.632 e. The molecule has 0 aliphatic carbocycles. The van der Waals surface area contributed by atoms with Gasteiger partial charge in [0, 0.05) is 24.0 Å². The number of nitrogens with one attached hydrogen (secondary N) is 1. The molecule has 0 bridgehead atoms.